The minimum absolute atomic E-state index is 0.0796. The zero-order valence-corrected chi connectivity index (χ0v) is 12.8. The first-order chi connectivity index (χ1) is 9.97. The van der Waals surface area contributed by atoms with Crippen LogP contribution in [0, 0.1) is 18.6 Å². The highest BCUT2D eigenvalue weighted by Crippen LogP contribution is 2.33. The van der Waals surface area contributed by atoms with Gasteiger partial charge in [0.1, 0.15) is 17.4 Å². The van der Waals surface area contributed by atoms with Crippen molar-refractivity contribution in [3.63, 3.8) is 0 Å². The van der Waals surface area contributed by atoms with E-state index in [4.69, 9.17) is 16.3 Å². The Hall–Kier alpha value is -1.65. The molecule has 0 fully saturated rings. The fraction of sp³-hybridized carbons (Fsp3) is 0.250. The smallest absolute Gasteiger partial charge is 0.134 e. The highest BCUT2D eigenvalue weighted by Gasteiger charge is 2.23. The lowest BCUT2D eigenvalue weighted by molar-refractivity contribution is 0.403. The van der Waals surface area contributed by atoms with Gasteiger partial charge in [-0.3, -0.25) is 0 Å². The van der Waals surface area contributed by atoms with Crippen LogP contribution in [0.5, 0.6) is 5.75 Å². The number of rotatable bonds is 4. The topological polar surface area (TPSA) is 21.3 Å². The largest absolute Gasteiger partial charge is 0.497 e. The lowest BCUT2D eigenvalue weighted by Crippen LogP contribution is -2.21. The Morgan fingerprint density at radius 2 is 1.76 bits per heavy atom. The molecule has 2 aromatic rings. The van der Waals surface area contributed by atoms with Gasteiger partial charge in [-0.15, -0.1) is 0 Å². The average Bonchev–Trinajstić information content (AvgIpc) is 2.43. The number of benzene rings is 2. The third-order valence-electron chi connectivity index (χ3n) is 3.33. The number of nitrogens with one attached hydrogen (secondary N) is 1. The second-order valence-corrected chi connectivity index (χ2v) is 5.16. The van der Waals surface area contributed by atoms with Crippen LogP contribution in [0.15, 0.2) is 30.3 Å². The van der Waals surface area contributed by atoms with Gasteiger partial charge in [-0.05, 0) is 31.2 Å². The van der Waals surface area contributed by atoms with Crippen LogP contribution in [0.1, 0.15) is 22.7 Å². The molecule has 2 rings (SSSR count). The van der Waals surface area contributed by atoms with Crippen molar-refractivity contribution in [3.8, 4) is 5.75 Å². The van der Waals surface area contributed by atoms with Crippen LogP contribution < -0.4 is 10.1 Å². The summed E-state index contributed by atoms with van der Waals surface area (Å²) in [6.07, 6.45) is 0. The number of ether oxygens (including phenoxy) is 1. The fourth-order valence-corrected chi connectivity index (χ4v) is 2.62. The predicted molar refractivity (Wildman–Crippen MR) is 80.0 cm³/mol. The molecule has 0 aliphatic carbocycles. The molecule has 0 bridgehead atoms. The van der Waals surface area contributed by atoms with Crippen molar-refractivity contribution in [1.29, 1.82) is 0 Å². The van der Waals surface area contributed by atoms with Gasteiger partial charge in [0.15, 0.2) is 0 Å². The Balaban J connectivity index is 2.56. The van der Waals surface area contributed by atoms with E-state index in [0.717, 1.165) is 17.7 Å². The first-order valence-corrected chi connectivity index (χ1v) is 6.82. The second kappa shape index (κ2) is 6.41. The second-order valence-electron chi connectivity index (χ2n) is 4.75. The Bertz CT molecular complexity index is 638. The van der Waals surface area contributed by atoms with E-state index < -0.39 is 17.7 Å². The molecule has 2 nitrogen and oxygen atoms in total. The number of hydrogen-bond donors (Lipinski definition) is 1. The van der Waals surface area contributed by atoms with Crippen LogP contribution in [-0.4, -0.2) is 14.2 Å². The summed E-state index contributed by atoms with van der Waals surface area (Å²) in [5.41, 5.74) is 1.52. The van der Waals surface area contributed by atoms with Crippen LogP contribution in [0.4, 0.5) is 8.78 Å². The Morgan fingerprint density at radius 3 is 2.24 bits per heavy atom. The molecule has 0 aliphatic rings. The molecular weight excluding hydrogens is 296 g/mol. The quantitative estimate of drug-likeness (QED) is 0.911. The van der Waals surface area contributed by atoms with Gasteiger partial charge >= 0.3 is 0 Å². The molecule has 2 aromatic carbocycles. The maximum absolute atomic E-state index is 14.2. The van der Waals surface area contributed by atoms with Gasteiger partial charge in [0, 0.05) is 22.7 Å². The molecule has 1 N–H and O–H groups in total. The number of methoxy groups -OCH3 is 1. The molecule has 0 amide bonds. The standard InChI is InChI=1S/C16H16ClF2NO/c1-9-4-5-11(12(17)6-9)16(20-2)15-13(18)7-10(21-3)8-14(15)19/h4-8,16,20H,1-3H3. The molecule has 0 saturated carbocycles. The Labute approximate surface area is 127 Å². The van der Waals surface area contributed by atoms with E-state index in [2.05, 4.69) is 5.32 Å². The van der Waals surface area contributed by atoms with E-state index in [9.17, 15) is 8.78 Å². The molecule has 112 valence electrons. The van der Waals surface area contributed by atoms with E-state index >= 15 is 0 Å². The van der Waals surface area contributed by atoms with Crippen molar-refractivity contribution in [2.24, 2.45) is 0 Å². The third kappa shape index (κ3) is 3.17. The number of hydrogen-bond acceptors (Lipinski definition) is 2. The SMILES string of the molecule is CNC(c1ccc(C)cc1Cl)c1c(F)cc(OC)cc1F. The normalized spacial score (nSPS) is 12.3. The maximum Gasteiger partial charge on any atom is 0.134 e. The average molecular weight is 312 g/mol. The molecule has 0 saturated heterocycles. The Kier molecular flexibility index (Phi) is 4.80. The van der Waals surface area contributed by atoms with Crippen LogP contribution >= 0.6 is 11.6 Å². The first kappa shape index (κ1) is 15.7. The molecule has 0 heterocycles. The van der Waals surface area contributed by atoms with Gasteiger partial charge in [0.2, 0.25) is 0 Å². The minimum atomic E-state index is -0.678. The summed E-state index contributed by atoms with van der Waals surface area (Å²) in [6, 6.07) is 7.02. The number of aryl methyl sites for hydroxylation is 1. The summed E-state index contributed by atoms with van der Waals surface area (Å²) in [4.78, 5) is 0. The molecule has 1 unspecified atom stereocenters. The van der Waals surface area contributed by atoms with E-state index in [-0.39, 0.29) is 11.3 Å². The Morgan fingerprint density at radius 1 is 1.14 bits per heavy atom. The first-order valence-electron chi connectivity index (χ1n) is 6.44. The summed E-state index contributed by atoms with van der Waals surface area (Å²) in [5, 5.41) is 3.37. The zero-order chi connectivity index (χ0) is 15.6. The van der Waals surface area contributed by atoms with Crippen molar-refractivity contribution in [3.05, 3.63) is 63.7 Å². The van der Waals surface area contributed by atoms with Crippen molar-refractivity contribution in [2.75, 3.05) is 14.2 Å². The van der Waals surface area contributed by atoms with E-state index in [1.807, 2.05) is 13.0 Å². The molecule has 1 atom stereocenters. The van der Waals surface area contributed by atoms with Gasteiger partial charge in [0.25, 0.3) is 0 Å². The summed E-state index contributed by atoms with van der Waals surface area (Å²) in [7, 11) is 2.99. The van der Waals surface area contributed by atoms with Gasteiger partial charge in [-0.2, -0.15) is 0 Å². The van der Waals surface area contributed by atoms with Crippen LogP contribution in [0.3, 0.4) is 0 Å². The van der Waals surface area contributed by atoms with Crippen molar-refractivity contribution in [1.82, 2.24) is 5.32 Å². The number of halogens is 3. The van der Waals surface area contributed by atoms with Gasteiger partial charge in [-0.1, -0.05) is 23.7 Å². The molecule has 0 radical (unpaired) electrons. The van der Waals surface area contributed by atoms with E-state index in [1.54, 1.807) is 19.2 Å². The molecular formula is C16H16ClF2NO. The van der Waals surface area contributed by atoms with Crippen LogP contribution in [0.25, 0.3) is 0 Å². The highest BCUT2D eigenvalue weighted by molar-refractivity contribution is 6.31. The fourth-order valence-electron chi connectivity index (χ4n) is 2.28. The van der Waals surface area contributed by atoms with Crippen molar-refractivity contribution >= 4 is 11.6 Å². The molecule has 21 heavy (non-hydrogen) atoms. The van der Waals surface area contributed by atoms with E-state index in [1.165, 1.54) is 7.11 Å². The predicted octanol–water partition coefficient (Wildman–Crippen LogP) is 4.24. The van der Waals surface area contributed by atoms with Gasteiger partial charge < -0.3 is 10.1 Å². The summed E-state index contributed by atoms with van der Waals surface area (Å²) >= 11 is 6.21. The van der Waals surface area contributed by atoms with Crippen molar-refractivity contribution < 1.29 is 13.5 Å². The highest BCUT2D eigenvalue weighted by atomic mass is 35.5. The van der Waals surface area contributed by atoms with Gasteiger partial charge in [0.05, 0.1) is 13.2 Å². The lowest BCUT2D eigenvalue weighted by Gasteiger charge is -2.20. The maximum atomic E-state index is 14.2. The molecule has 0 spiro atoms. The van der Waals surface area contributed by atoms with E-state index in [0.29, 0.717) is 10.6 Å². The zero-order valence-electron chi connectivity index (χ0n) is 12.0. The molecule has 0 aliphatic heterocycles. The van der Waals surface area contributed by atoms with Gasteiger partial charge in [-0.25, -0.2) is 8.78 Å². The monoisotopic (exact) mass is 311 g/mol. The van der Waals surface area contributed by atoms with Crippen molar-refractivity contribution in [2.45, 2.75) is 13.0 Å². The third-order valence-corrected chi connectivity index (χ3v) is 3.66. The minimum Gasteiger partial charge on any atom is -0.497 e. The summed E-state index contributed by atoms with van der Waals surface area (Å²) < 4.78 is 33.3. The molecule has 5 heteroatoms. The molecule has 0 aromatic heterocycles. The summed E-state index contributed by atoms with van der Waals surface area (Å²) in [5.74, 6) is -1.22. The lowest BCUT2D eigenvalue weighted by atomic mass is 9.96. The van der Waals surface area contributed by atoms with Crippen LogP contribution in [0.2, 0.25) is 5.02 Å². The summed E-state index contributed by atoms with van der Waals surface area (Å²) in [6.45, 7) is 1.90. The van der Waals surface area contributed by atoms with Crippen LogP contribution in [-0.2, 0) is 0 Å².